The molecule has 1 aliphatic rings. The van der Waals surface area contributed by atoms with E-state index in [0.717, 1.165) is 0 Å². The lowest BCUT2D eigenvalue weighted by Crippen LogP contribution is -2.34. The van der Waals surface area contributed by atoms with Crippen LogP contribution in [0.4, 0.5) is 0 Å². The van der Waals surface area contributed by atoms with E-state index in [0.29, 0.717) is 44.6 Å². The lowest BCUT2D eigenvalue weighted by atomic mass is 10.1. The highest BCUT2D eigenvalue weighted by atomic mass is 32.2. The van der Waals surface area contributed by atoms with Crippen LogP contribution >= 0.6 is 19.5 Å². The maximum Gasteiger partial charge on any atom is 0.405 e. The molecule has 222 valence electrons. The van der Waals surface area contributed by atoms with E-state index in [-0.39, 0.29) is 12.7 Å². The first-order valence-electron chi connectivity index (χ1n) is 15.5. The van der Waals surface area contributed by atoms with Crippen LogP contribution in [-0.4, -0.2) is 66.2 Å². The predicted molar refractivity (Wildman–Crippen MR) is 160 cm³/mol. The Labute approximate surface area is 233 Å². The molecule has 1 heterocycles. The zero-order valence-electron chi connectivity index (χ0n) is 24.5. The van der Waals surface area contributed by atoms with Crippen molar-refractivity contribution in [1.29, 1.82) is 0 Å². The molecular formula is C29H60NO5PS. The first-order valence-corrected chi connectivity index (χ1v) is 18.1. The predicted octanol–water partition coefficient (Wildman–Crippen LogP) is 8.61. The molecule has 1 aliphatic heterocycles. The van der Waals surface area contributed by atoms with Crippen molar-refractivity contribution in [3.05, 3.63) is 0 Å². The molecule has 0 amide bonds. The van der Waals surface area contributed by atoms with Crippen molar-refractivity contribution in [1.82, 2.24) is 4.67 Å². The zero-order valence-corrected chi connectivity index (χ0v) is 26.2. The van der Waals surface area contributed by atoms with Gasteiger partial charge in [-0.1, -0.05) is 104 Å². The summed E-state index contributed by atoms with van der Waals surface area (Å²) in [5.41, 5.74) is 0. The Bertz CT molecular complexity index is 550. The van der Waals surface area contributed by atoms with Gasteiger partial charge < -0.3 is 14.4 Å². The minimum atomic E-state index is -3.72. The van der Waals surface area contributed by atoms with E-state index in [1.54, 1.807) is 0 Å². The fraction of sp³-hybridized carbons (Fsp3) is 1.00. The Balaban J connectivity index is 2.22. The fourth-order valence-electron chi connectivity index (χ4n) is 4.73. The molecule has 0 radical (unpaired) electrons. The Hall–Kier alpha value is 0.380. The quantitative estimate of drug-likeness (QED) is 0.0831. The topological polar surface area (TPSA) is 68.2 Å². The molecule has 1 N–H and O–H groups in total. The molecule has 1 rings (SSSR count). The van der Waals surface area contributed by atoms with Gasteiger partial charge in [-0.25, -0.2) is 9.24 Å². The number of nitrogens with zero attached hydrogens (tertiary/aromatic N) is 1. The Morgan fingerprint density at radius 3 is 1.95 bits per heavy atom. The van der Waals surface area contributed by atoms with Crippen molar-refractivity contribution in [2.45, 2.75) is 141 Å². The number of ether oxygens (including phenoxy) is 2. The van der Waals surface area contributed by atoms with Crippen molar-refractivity contribution in [3.63, 3.8) is 0 Å². The molecule has 0 saturated carbocycles. The van der Waals surface area contributed by atoms with Gasteiger partial charge in [0.1, 0.15) is 0 Å². The van der Waals surface area contributed by atoms with Crippen LogP contribution in [-0.2, 0) is 18.6 Å². The van der Waals surface area contributed by atoms with Crippen molar-refractivity contribution in [3.8, 4) is 0 Å². The minimum absolute atomic E-state index is 0.194. The number of unbranched alkanes of at least 4 members (excludes halogenated alkanes) is 13. The van der Waals surface area contributed by atoms with Gasteiger partial charge in [-0.3, -0.25) is 4.52 Å². The molecular weight excluding hydrogens is 505 g/mol. The van der Waals surface area contributed by atoms with Crippen molar-refractivity contribution >= 4 is 19.5 Å². The molecule has 0 aliphatic carbocycles. The molecule has 6 nitrogen and oxygen atoms in total. The summed E-state index contributed by atoms with van der Waals surface area (Å²) < 4.78 is 30.7. The summed E-state index contributed by atoms with van der Waals surface area (Å²) in [6.07, 6.45) is 22.4. The molecule has 1 saturated heterocycles. The minimum Gasteiger partial charge on any atom is -0.379 e. The summed E-state index contributed by atoms with van der Waals surface area (Å²) in [7, 11) is -3.72. The lowest BCUT2D eigenvalue weighted by molar-refractivity contribution is 0.0439. The third kappa shape index (κ3) is 19.2. The van der Waals surface area contributed by atoms with Gasteiger partial charge in [0.05, 0.1) is 25.9 Å². The van der Waals surface area contributed by atoms with Crippen LogP contribution in [0.1, 0.15) is 130 Å². The van der Waals surface area contributed by atoms with Crippen LogP contribution in [0.25, 0.3) is 0 Å². The van der Waals surface area contributed by atoms with Crippen LogP contribution in [0.5, 0.6) is 0 Å². The smallest absolute Gasteiger partial charge is 0.379 e. The number of hydrogen-bond acceptors (Lipinski definition) is 5. The van der Waals surface area contributed by atoms with E-state index in [1.165, 1.54) is 113 Å². The van der Waals surface area contributed by atoms with Gasteiger partial charge in [-0.2, -0.15) is 11.8 Å². The van der Waals surface area contributed by atoms with Crippen LogP contribution in [0.3, 0.4) is 0 Å². The zero-order chi connectivity index (χ0) is 27.0. The molecule has 3 atom stereocenters. The normalized spacial score (nSPS) is 18.1. The van der Waals surface area contributed by atoms with Crippen LogP contribution in [0.15, 0.2) is 0 Å². The van der Waals surface area contributed by atoms with E-state index in [9.17, 15) is 9.46 Å². The standard InChI is InChI=1S/C29H60NO5PS/c1-4-6-8-10-11-12-13-14-16-18-27-37-29(20-17-15-9-7-5-2)28(3)34-23-19-24-35-36(31,32)30-21-25-33-26-22-30/h28-29H,4-27H2,1-3H3,(H,31,32). The molecule has 0 aromatic rings. The van der Waals surface area contributed by atoms with Crippen LogP contribution in [0, 0.1) is 0 Å². The van der Waals surface area contributed by atoms with Crippen molar-refractivity contribution < 1.29 is 23.5 Å². The Morgan fingerprint density at radius 2 is 1.35 bits per heavy atom. The molecule has 0 bridgehead atoms. The summed E-state index contributed by atoms with van der Waals surface area (Å²) in [5.74, 6) is 1.22. The van der Waals surface area contributed by atoms with Gasteiger partial charge in [-0.15, -0.1) is 0 Å². The lowest BCUT2D eigenvalue weighted by Gasteiger charge is -2.29. The average Bonchev–Trinajstić information content (AvgIpc) is 2.90. The largest absolute Gasteiger partial charge is 0.405 e. The first kappa shape index (κ1) is 35.4. The SMILES string of the molecule is CCCCCCCCCCCCSC(CCCCCCC)C(C)OCCCOP(=O)(O)N1CCOCC1. The summed E-state index contributed by atoms with van der Waals surface area (Å²) in [4.78, 5) is 10.2. The molecule has 0 aromatic carbocycles. The van der Waals surface area contributed by atoms with Gasteiger partial charge in [0.25, 0.3) is 0 Å². The number of rotatable bonds is 26. The second-order valence-electron chi connectivity index (χ2n) is 10.6. The third-order valence-electron chi connectivity index (χ3n) is 7.22. The summed E-state index contributed by atoms with van der Waals surface area (Å²) in [5, 5.41) is 0.526. The van der Waals surface area contributed by atoms with Crippen LogP contribution < -0.4 is 0 Å². The first-order chi connectivity index (χ1) is 18.0. The number of morpholine rings is 1. The third-order valence-corrected chi connectivity index (χ3v) is 10.4. The Kier molecular flexibility index (Phi) is 23.2. The molecule has 0 aromatic heterocycles. The average molecular weight is 566 g/mol. The van der Waals surface area contributed by atoms with Crippen molar-refractivity contribution in [2.75, 3.05) is 45.3 Å². The van der Waals surface area contributed by atoms with Gasteiger partial charge in [-0.05, 0) is 31.9 Å². The van der Waals surface area contributed by atoms with Gasteiger partial charge >= 0.3 is 7.75 Å². The summed E-state index contributed by atoms with van der Waals surface area (Å²) in [6, 6.07) is 0. The highest BCUT2D eigenvalue weighted by Crippen LogP contribution is 2.46. The van der Waals surface area contributed by atoms with E-state index in [2.05, 4.69) is 32.5 Å². The van der Waals surface area contributed by atoms with Gasteiger partial charge in [0, 0.05) is 24.9 Å². The van der Waals surface area contributed by atoms with Gasteiger partial charge in [0.2, 0.25) is 0 Å². The van der Waals surface area contributed by atoms with Crippen LogP contribution in [0.2, 0.25) is 0 Å². The fourth-order valence-corrected chi connectivity index (χ4v) is 7.29. The second kappa shape index (κ2) is 24.2. The summed E-state index contributed by atoms with van der Waals surface area (Å²) in [6.45, 7) is 9.39. The maximum absolute atomic E-state index is 12.4. The maximum atomic E-state index is 12.4. The summed E-state index contributed by atoms with van der Waals surface area (Å²) >= 11 is 2.10. The molecule has 8 heteroatoms. The van der Waals surface area contributed by atoms with E-state index >= 15 is 0 Å². The van der Waals surface area contributed by atoms with Crippen molar-refractivity contribution in [2.24, 2.45) is 0 Å². The molecule has 37 heavy (non-hydrogen) atoms. The van der Waals surface area contributed by atoms with Gasteiger partial charge in [0.15, 0.2) is 0 Å². The monoisotopic (exact) mass is 565 g/mol. The van der Waals surface area contributed by atoms with E-state index in [4.69, 9.17) is 14.0 Å². The number of thioether (sulfide) groups is 1. The highest BCUT2D eigenvalue weighted by molar-refractivity contribution is 7.99. The molecule has 1 fully saturated rings. The van der Waals surface area contributed by atoms with E-state index in [1.807, 2.05) is 0 Å². The Morgan fingerprint density at radius 1 is 0.811 bits per heavy atom. The highest BCUT2D eigenvalue weighted by Gasteiger charge is 2.30. The number of hydrogen-bond donors (Lipinski definition) is 1. The molecule has 3 unspecified atom stereocenters. The molecule has 0 spiro atoms. The second-order valence-corrected chi connectivity index (χ2v) is 13.8. The van der Waals surface area contributed by atoms with E-state index < -0.39 is 7.75 Å².